The summed E-state index contributed by atoms with van der Waals surface area (Å²) < 4.78 is 9.69. The molecule has 13 heavy (non-hydrogen) atoms. The molecule has 0 radical (unpaired) electrons. The quantitative estimate of drug-likeness (QED) is 0.605. The lowest BCUT2D eigenvalue weighted by molar-refractivity contribution is 0.0584. The van der Waals surface area contributed by atoms with E-state index in [1.807, 2.05) is 0 Å². The van der Waals surface area contributed by atoms with E-state index in [9.17, 15) is 4.79 Å². The predicted molar refractivity (Wildman–Crippen MR) is 52.2 cm³/mol. The molecule has 1 aromatic rings. The molecular weight excluding hydrogens is 236 g/mol. The van der Waals surface area contributed by atoms with Gasteiger partial charge in [0.05, 0.1) is 12.7 Å². The van der Waals surface area contributed by atoms with Gasteiger partial charge in [0.2, 0.25) is 0 Å². The third kappa shape index (κ3) is 2.73. The number of alkyl halides is 1. The van der Waals surface area contributed by atoms with Crippen molar-refractivity contribution in [3.8, 4) is 5.75 Å². The van der Waals surface area contributed by atoms with E-state index in [0.717, 1.165) is 5.75 Å². The van der Waals surface area contributed by atoms with Crippen LogP contribution in [0.5, 0.6) is 5.75 Å². The molecule has 0 aliphatic heterocycles. The molecule has 0 heterocycles. The molecule has 0 amide bonds. The van der Waals surface area contributed by atoms with Crippen molar-refractivity contribution in [1.29, 1.82) is 0 Å². The van der Waals surface area contributed by atoms with Crippen molar-refractivity contribution in [3.63, 3.8) is 0 Å². The van der Waals surface area contributed by atoms with Gasteiger partial charge < -0.3 is 9.47 Å². The normalized spacial score (nSPS) is 9.38. The number of rotatable bonds is 3. The molecule has 0 aromatic heterocycles. The Hall–Kier alpha value is -1.03. The lowest BCUT2D eigenvalue weighted by atomic mass is 10.2. The second kappa shape index (κ2) is 4.87. The topological polar surface area (TPSA) is 35.5 Å². The Bertz CT molecular complexity index is 281. The molecule has 70 valence electrons. The maximum absolute atomic E-state index is 11.2. The summed E-state index contributed by atoms with van der Waals surface area (Å²) in [5.41, 5.74) is 0.720. The van der Waals surface area contributed by atoms with Crippen molar-refractivity contribution >= 4 is 21.9 Å². The van der Waals surface area contributed by atoms with Crippen LogP contribution in [0.25, 0.3) is 0 Å². The van der Waals surface area contributed by atoms with Crippen molar-refractivity contribution in [2.75, 3.05) is 12.6 Å². The Morgan fingerprint density at radius 1 is 1.38 bits per heavy atom. The zero-order valence-corrected chi connectivity index (χ0v) is 8.71. The maximum Gasteiger partial charge on any atom is 0.338 e. The molecule has 0 bridgehead atoms. The minimum absolute atomic E-state index is 0.206. The lowest BCUT2D eigenvalue weighted by Gasteiger charge is -2.02. The van der Waals surface area contributed by atoms with Gasteiger partial charge in [-0.25, -0.2) is 4.79 Å². The summed E-state index contributed by atoms with van der Waals surface area (Å²) in [6.07, 6.45) is 0. The van der Waals surface area contributed by atoms with E-state index in [4.69, 9.17) is 9.47 Å². The van der Waals surface area contributed by atoms with Gasteiger partial charge in [-0.15, -0.1) is 0 Å². The van der Waals surface area contributed by atoms with Crippen LogP contribution in [0.1, 0.15) is 10.4 Å². The zero-order chi connectivity index (χ0) is 9.68. The third-order valence-electron chi connectivity index (χ3n) is 1.51. The van der Waals surface area contributed by atoms with Gasteiger partial charge in [0, 0.05) is 0 Å². The largest absolute Gasteiger partial charge is 0.497 e. The van der Waals surface area contributed by atoms with Crippen LogP contribution in [-0.4, -0.2) is 18.6 Å². The van der Waals surface area contributed by atoms with Crippen molar-refractivity contribution in [3.05, 3.63) is 29.8 Å². The molecule has 0 spiro atoms. The summed E-state index contributed by atoms with van der Waals surface area (Å²) in [5.74, 6) is 0.370. The molecule has 1 rings (SSSR count). The van der Waals surface area contributed by atoms with Gasteiger partial charge in [0.1, 0.15) is 11.3 Å². The average Bonchev–Trinajstić information content (AvgIpc) is 2.18. The van der Waals surface area contributed by atoms with E-state index < -0.39 is 0 Å². The Balaban J connectivity index is 2.74. The Morgan fingerprint density at radius 2 is 2.00 bits per heavy atom. The fourth-order valence-corrected chi connectivity index (χ4v) is 1.07. The van der Waals surface area contributed by atoms with Crippen LogP contribution in [0.4, 0.5) is 0 Å². The minimum atomic E-state index is -0.348. The standard InChI is InChI=1S/C9H9BrO3/c1-12-8-4-2-7(3-5-8)9(11)13-6-10/h2-5H,6H2,1H3. The van der Waals surface area contributed by atoms with E-state index in [0.29, 0.717) is 5.56 Å². The monoisotopic (exact) mass is 244 g/mol. The second-order valence-corrected chi connectivity index (χ2v) is 2.73. The molecule has 0 saturated carbocycles. The zero-order valence-electron chi connectivity index (χ0n) is 7.12. The number of esters is 1. The number of methoxy groups -OCH3 is 1. The number of ether oxygens (including phenoxy) is 2. The molecule has 0 unspecified atom stereocenters. The summed E-state index contributed by atoms with van der Waals surface area (Å²) in [4.78, 5) is 11.2. The minimum Gasteiger partial charge on any atom is -0.497 e. The van der Waals surface area contributed by atoms with Crippen LogP contribution in [0, 0.1) is 0 Å². The molecule has 0 fully saturated rings. The first-order valence-corrected chi connectivity index (χ1v) is 4.77. The van der Waals surface area contributed by atoms with Gasteiger partial charge in [-0.05, 0) is 40.2 Å². The van der Waals surface area contributed by atoms with Gasteiger partial charge in [0.15, 0.2) is 0 Å². The number of hydrogen-bond acceptors (Lipinski definition) is 3. The van der Waals surface area contributed by atoms with Crippen LogP contribution >= 0.6 is 15.9 Å². The average molecular weight is 245 g/mol. The third-order valence-corrected chi connectivity index (χ3v) is 1.74. The van der Waals surface area contributed by atoms with Crippen molar-refractivity contribution < 1.29 is 14.3 Å². The van der Waals surface area contributed by atoms with Crippen LogP contribution in [-0.2, 0) is 4.74 Å². The molecule has 0 N–H and O–H groups in total. The van der Waals surface area contributed by atoms with Crippen molar-refractivity contribution in [2.24, 2.45) is 0 Å². The summed E-state index contributed by atoms with van der Waals surface area (Å²) >= 11 is 3.01. The summed E-state index contributed by atoms with van der Waals surface area (Å²) in [6, 6.07) is 6.74. The highest BCUT2D eigenvalue weighted by Gasteiger charge is 2.05. The van der Waals surface area contributed by atoms with Crippen LogP contribution in [0.2, 0.25) is 0 Å². The van der Waals surface area contributed by atoms with E-state index >= 15 is 0 Å². The van der Waals surface area contributed by atoms with Crippen molar-refractivity contribution in [1.82, 2.24) is 0 Å². The van der Waals surface area contributed by atoms with Gasteiger partial charge in [-0.2, -0.15) is 0 Å². The number of carbonyl (C=O) groups is 1. The van der Waals surface area contributed by atoms with Crippen molar-refractivity contribution in [2.45, 2.75) is 0 Å². The SMILES string of the molecule is COc1ccc(C(=O)OCBr)cc1. The van der Waals surface area contributed by atoms with Crippen LogP contribution in [0.3, 0.4) is 0 Å². The number of benzene rings is 1. The summed E-state index contributed by atoms with van der Waals surface area (Å²) in [5, 5.41) is 0. The molecule has 0 atom stereocenters. The van der Waals surface area contributed by atoms with E-state index in [1.165, 1.54) is 0 Å². The smallest absolute Gasteiger partial charge is 0.338 e. The molecule has 0 saturated heterocycles. The maximum atomic E-state index is 11.2. The van der Waals surface area contributed by atoms with Gasteiger partial charge in [-0.3, -0.25) is 0 Å². The fourth-order valence-electron chi connectivity index (χ4n) is 0.860. The molecule has 1 aromatic carbocycles. The van der Waals surface area contributed by atoms with Crippen LogP contribution in [0.15, 0.2) is 24.3 Å². The van der Waals surface area contributed by atoms with Gasteiger partial charge in [0.25, 0.3) is 0 Å². The highest BCUT2D eigenvalue weighted by Crippen LogP contribution is 2.12. The Labute approximate surface area is 84.8 Å². The van der Waals surface area contributed by atoms with E-state index in [1.54, 1.807) is 31.4 Å². The lowest BCUT2D eigenvalue weighted by Crippen LogP contribution is -2.02. The molecule has 3 nitrogen and oxygen atoms in total. The van der Waals surface area contributed by atoms with Crippen LogP contribution < -0.4 is 4.74 Å². The number of hydrogen-bond donors (Lipinski definition) is 0. The Morgan fingerprint density at radius 3 is 2.46 bits per heavy atom. The highest BCUT2D eigenvalue weighted by molar-refractivity contribution is 9.09. The first-order chi connectivity index (χ1) is 6.27. The summed E-state index contributed by atoms with van der Waals surface area (Å²) in [7, 11) is 1.58. The van der Waals surface area contributed by atoms with E-state index in [2.05, 4.69) is 15.9 Å². The number of halogens is 1. The molecule has 0 aliphatic rings. The van der Waals surface area contributed by atoms with E-state index in [-0.39, 0.29) is 11.5 Å². The van der Waals surface area contributed by atoms with Gasteiger partial charge >= 0.3 is 5.97 Å². The second-order valence-electron chi connectivity index (χ2n) is 2.27. The highest BCUT2D eigenvalue weighted by atomic mass is 79.9. The van der Waals surface area contributed by atoms with Gasteiger partial charge in [-0.1, -0.05) is 0 Å². The molecule has 4 heteroatoms. The molecule has 0 aliphatic carbocycles. The fraction of sp³-hybridized carbons (Fsp3) is 0.222. The first kappa shape index (κ1) is 10.1. The predicted octanol–water partition coefficient (Wildman–Crippen LogP) is 2.20. The summed E-state index contributed by atoms with van der Waals surface area (Å²) in [6.45, 7) is 0. The number of carbonyl (C=O) groups excluding carboxylic acids is 1. The molecular formula is C9H9BrO3. The first-order valence-electron chi connectivity index (χ1n) is 3.65. The Kier molecular flexibility index (Phi) is 3.76.